The van der Waals surface area contributed by atoms with Crippen molar-refractivity contribution >= 4 is 30.7 Å². The highest BCUT2D eigenvalue weighted by molar-refractivity contribution is 5.85. The monoisotopic (exact) mass is 353 g/mol. The molecule has 1 amide bonds. The maximum atomic E-state index is 12.3. The first-order valence-corrected chi connectivity index (χ1v) is 8.16. The summed E-state index contributed by atoms with van der Waals surface area (Å²) in [4.78, 5) is 16.9. The molecule has 22 heavy (non-hydrogen) atoms. The van der Waals surface area contributed by atoms with Crippen LogP contribution in [-0.4, -0.2) is 73.7 Å². The molecule has 130 valence electrons. The van der Waals surface area contributed by atoms with E-state index in [9.17, 15) is 4.79 Å². The van der Waals surface area contributed by atoms with Crippen LogP contribution in [0, 0.1) is 0 Å². The molecular formula is C15H29Cl2N3O2. The predicted molar refractivity (Wildman–Crippen MR) is 92.1 cm³/mol. The number of hydrogen-bond acceptors (Lipinski definition) is 4. The average molecular weight is 354 g/mol. The summed E-state index contributed by atoms with van der Waals surface area (Å²) in [6.45, 7) is 6.24. The molecule has 3 aliphatic rings. The number of hydrogen-bond donors (Lipinski definition) is 1. The van der Waals surface area contributed by atoms with Crippen LogP contribution in [0.2, 0.25) is 0 Å². The highest BCUT2D eigenvalue weighted by Gasteiger charge is 2.28. The van der Waals surface area contributed by atoms with Gasteiger partial charge in [-0.25, -0.2) is 0 Å². The lowest BCUT2D eigenvalue weighted by atomic mass is 10.1. The number of carbonyl (C=O) groups is 1. The van der Waals surface area contributed by atoms with E-state index in [1.807, 2.05) is 4.90 Å². The molecule has 1 aliphatic carbocycles. The van der Waals surface area contributed by atoms with Crippen molar-refractivity contribution in [1.82, 2.24) is 15.1 Å². The molecule has 0 aromatic heterocycles. The van der Waals surface area contributed by atoms with E-state index >= 15 is 0 Å². The fourth-order valence-electron chi connectivity index (χ4n) is 3.70. The number of ether oxygens (including phenoxy) is 1. The smallest absolute Gasteiger partial charge is 0.224 e. The number of halogens is 2. The van der Waals surface area contributed by atoms with Gasteiger partial charge in [0.2, 0.25) is 5.91 Å². The van der Waals surface area contributed by atoms with Crippen molar-refractivity contribution in [2.45, 2.75) is 44.2 Å². The van der Waals surface area contributed by atoms with Crippen molar-refractivity contribution in [3.63, 3.8) is 0 Å². The van der Waals surface area contributed by atoms with Crippen LogP contribution >= 0.6 is 24.8 Å². The summed E-state index contributed by atoms with van der Waals surface area (Å²) in [5, 5.41) is 3.36. The number of nitrogens with one attached hydrogen (secondary N) is 1. The van der Waals surface area contributed by atoms with Crippen molar-refractivity contribution in [1.29, 1.82) is 0 Å². The largest absolute Gasteiger partial charge is 0.378 e. The molecule has 1 N–H and O–H groups in total. The third-order valence-electron chi connectivity index (χ3n) is 4.93. The van der Waals surface area contributed by atoms with Crippen LogP contribution in [0.5, 0.6) is 0 Å². The summed E-state index contributed by atoms with van der Waals surface area (Å²) < 4.78 is 5.41. The maximum absolute atomic E-state index is 12.3. The fraction of sp³-hybridized carbons (Fsp3) is 0.933. The van der Waals surface area contributed by atoms with E-state index in [0.29, 0.717) is 18.9 Å². The van der Waals surface area contributed by atoms with Crippen molar-refractivity contribution in [2.75, 3.05) is 45.9 Å². The molecule has 0 bridgehead atoms. The van der Waals surface area contributed by atoms with Crippen molar-refractivity contribution in [3.8, 4) is 0 Å². The highest BCUT2D eigenvalue weighted by Crippen LogP contribution is 2.24. The number of morpholine rings is 1. The summed E-state index contributed by atoms with van der Waals surface area (Å²) in [5.74, 6) is 0.291. The molecule has 0 aromatic carbocycles. The molecule has 5 nitrogen and oxygen atoms in total. The Morgan fingerprint density at radius 1 is 1.09 bits per heavy atom. The van der Waals surface area contributed by atoms with Gasteiger partial charge in [-0.15, -0.1) is 24.8 Å². The van der Waals surface area contributed by atoms with Gasteiger partial charge in [-0.05, 0) is 12.8 Å². The molecule has 1 atom stereocenters. The van der Waals surface area contributed by atoms with Crippen LogP contribution < -0.4 is 5.32 Å². The van der Waals surface area contributed by atoms with Crippen LogP contribution in [-0.2, 0) is 9.53 Å². The van der Waals surface area contributed by atoms with Crippen LogP contribution in [0.25, 0.3) is 0 Å². The van der Waals surface area contributed by atoms with Crippen molar-refractivity contribution in [3.05, 3.63) is 0 Å². The zero-order valence-electron chi connectivity index (χ0n) is 13.2. The molecule has 2 heterocycles. The Labute approximate surface area is 145 Å². The Kier molecular flexibility index (Phi) is 9.02. The third kappa shape index (κ3) is 5.24. The van der Waals surface area contributed by atoms with Gasteiger partial charge in [-0.3, -0.25) is 9.69 Å². The molecule has 2 saturated heterocycles. The molecular weight excluding hydrogens is 325 g/mol. The van der Waals surface area contributed by atoms with E-state index in [1.54, 1.807) is 0 Å². The predicted octanol–water partition coefficient (Wildman–Crippen LogP) is 1.30. The van der Waals surface area contributed by atoms with Gasteiger partial charge in [0.05, 0.1) is 13.2 Å². The van der Waals surface area contributed by atoms with Crippen LogP contribution in [0.1, 0.15) is 32.1 Å². The SMILES string of the molecule is Cl.Cl.O=C(CC1COCCN1)N1CCN(C2CCCC2)CC1. The molecule has 0 radical (unpaired) electrons. The molecule has 7 heteroatoms. The number of piperazine rings is 1. The summed E-state index contributed by atoms with van der Waals surface area (Å²) in [6, 6.07) is 1.00. The van der Waals surface area contributed by atoms with E-state index in [4.69, 9.17) is 4.74 Å². The van der Waals surface area contributed by atoms with E-state index in [2.05, 4.69) is 10.2 Å². The summed E-state index contributed by atoms with van der Waals surface area (Å²) in [7, 11) is 0. The van der Waals surface area contributed by atoms with Gasteiger partial charge in [0.1, 0.15) is 0 Å². The second-order valence-electron chi connectivity index (χ2n) is 6.29. The second-order valence-corrected chi connectivity index (χ2v) is 6.29. The Balaban J connectivity index is 0.00000121. The Bertz CT molecular complexity index is 327. The Morgan fingerprint density at radius 2 is 1.77 bits per heavy atom. The fourth-order valence-corrected chi connectivity index (χ4v) is 3.70. The number of carbonyl (C=O) groups excluding carboxylic acids is 1. The Morgan fingerprint density at radius 3 is 2.36 bits per heavy atom. The van der Waals surface area contributed by atoms with Gasteiger partial charge in [0.15, 0.2) is 0 Å². The van der Waals surface area contributed by atoms with Crippen LogP contribution in [0.3, 0.4) is 0 Å². The Hall–Kier alpha value is -0.0700. The summed E-state index contributed by atoms with van der Waals surface area (Å²) >= 11 is 0. The average Bonchev–Trinajstić information content (AvgIpc) is 3.03. The minimum absolute atomic E-state index is 0. The number of nitrogens with zero attached hydrogens (tertiary/aromatic N) is 2. The van der Waals surface area contributed by atoms with E-state index in [1.165, 1.54) is 25.7 Å². The quantitative estimate of drug-likeness (QED) is 0.830. The lowest BCUT2D eigenvalue weighted by molar-refractivity contribution is -0.134. The molecule has 0 spiro atoms. The molecule has 3 fully saturated rings. The third-order valence-corrected chi connectivity index (χ3v) is 4.93. The lowest BCUT2D eigenvalue weighted by Gasteiger charge is -2.38. The van der Waals surface area contributed by atoms with E-state index in [-0.39, 0.29) is 30.9 Å². The minimum Gasteiger partial charge on any atom is -0.378 e. The van der Waals surface area contributed by atoms with Gasteiger partial charge in [-0.1, -0.05) is 12.8 Å². The second kappa shape index (κ2) is 9.93. The maximum Gasteiger partial charge on any atom is 0.224 e. The highest BCUT2D eigenvalue weighted by atomic mass is 35.5. The zero-order valence-corrected chi connectivity index (χ0v) is 14.8. The van der Waals surface area contributed by atoms with Crippen molar-refractivity contribution in [2.24, 2.45) is 0 Å². The van der Waals surface area contributed by atoms with E-state index < -0.39 is 0 Å². The number of amides is 1. The van der Waals surface area contributed by atoms with Gasteiger partial charge in [-0.2, -0.15) is 0 Å². The standard InChI is InChI=1S/C15H27N3O2.2ClH/c19-15(11-13-12-20-10-5-16-13)18-8-6-17(7-9-18)14-3-1-2-4-14;;/h13-14,16H,1-12H2;2*1H. The van der Waals surface area contributed by atoms with Gasteiger partial charge in [0.25, 0.3) is 0 Å². The van der Waals surface area contributed by atoms with Gasteiger partial charge in [0, 0.05) is 51.2 Å². The first-order chi connectivity index (χ1) is 9.83. The summed E-state index contributed by atoms with van der Waals surface area (Å²) in [5.41, 5.74) is 0. The normalized spacial score (nSPS) is 27.1. The zero-order chi connectivity index (χ0) is 13.8. The van der Waals surface area contributed by atoms with Crippen LogP contribution in [0.4, 0.5) is 0 Å². The van der Waals surface area contributed by atoms with Gasteiger partial charge >= 0.3 is 0 Å². The van der Waals surface area contributed by atoms with E-state index in [0.717, 1.165) is 45.4 Å². The van der Waals surface area contributed by atoms with Crippen LogP contribution in [0.15, 0.2) is 0 Å². The summed E-state index contributed by atoms with van der Waals surface area (Å²) in [6.07, 6.45) is 6.08. The van der Waals surface area contributed by atoms with Crippen molar-refractivity contribution < 1.29 is 9.53 Å². The molecule has 3 rings (SSSR count). The topological polar surface area (TPSA) is 44.8 Å². The lowest BCUT2D eigenvalue weighted by Crippen LogP contribution is -2.53. The first-order valence-electron chi connectivity index (χ1n) is 8.16. The molecule has 1 unspecified atom stereocenters. The molecule has 1 saturated carbocycles. The van der Waals surface area contributed by atoms with Gasteiger partial charge < -0.3 is 15.0 Å². The minimum atomic E-state index is 0. The molecule has 0 aromatic rings. The first kappa shape index (κ1) is 20.0. The molecule has 2 aliphatic heterocycles. The number of rotatable bonds is 3.